The fraction of sp³-hybridized carbons (Fsp3) is 0.308. The van der Waals surface area contributed by atoms with Gasteiger partial charge in [-0.25, -0.2) is 4.79 Å². The maximum absolute atomic E-state index is 11.8. The topological polar surface area (TPSA) is 39.4 Å². The van der Waals surface area contributed by atoms with Gasteiger partial charge in [-0.2, -0.15) is 0 Å². The highest BCUT2D eigenvalue weighted by molar-refractivity contribution is 9.10. The van der Waals surface area contributed by atoms with Gasteiger partial charge in [0.15, 0.2) is 0 Å². The second-order valence-corrected chi connectivity index (χ2v) is 4.54. The third-order valence-electron chi connectivity index (χ3n) is 2.57. The highest BCUT2D eigenvalue weighted by atomic mass is 79.9. The van der Waals surface area contributed by atoms with Gasteiger partial charge in [-0.3, -0.25) is 0 Å². The van der Waals surface area contributed by atoms with Crippen molar-refractivity contribution in [3.05, 3.63) is 34.0 Å². The number of rotatable bonds is 3. The number of carbonyl (C=O) groups is 1. The van der Waals surface area contributed by atoms with E-state index in [0.717, 1.165) is 21.8 Å². The molecule has 0 aliphatic carbocycles. The molecule has 0 aliphatic rings. The molecule has 0 spiro atoms. The minimum absolute atomic E-state index is 0.322. The van der Waals surface area contributed by atoms with Crippen molar-refractivity contribution in [3.63, 3.8) is 0 Å². The van der Waals surface area contributed by atoms with Crippen LogP contribution in [0.15, 0.2) is 27.1 Å². The molecular formula is C13H13BrO3. The summed E-state index contributed by atoms with van der Waals surface area (Å²) in [7, 11) is 0. The molecule has 0 fully saturated rings. The fourth-order valence-corrected chi connectivity index (χ4v) is 2.18. The normalized spacial score (nSPS) is 10.8. The summed E-state index contributed by atoms with van der Waals surface area (Å²) in [6.45, 7) is 4.13. The van der Waals surface area contributed by atoms with Gasteiger partial charge in [-0.1, -0.05) is 22.9 Å². The van der Waals surface area contributed by atoms with Crippen LogP contribution in [0.2, 0.25) is 0 Å². The molecule has 1 aromatic carbocycles. The average molecular weight is 297 g/mol. The Morgan fingerprint density at radius 2 is 2.18 bits per heavy atom. The molecule has 90 valence electrons. The SMILES string of the molecule is CCOC(=O)c1oc2cc(Br)ccc2c1CC. The number of halogens is 1. The van der Waals surface area contributed by atoms with Crippen molar-refractivity contribution < 1.29 is 13.9 Å². The van der Waals surface area contributed by atoms with Crippen molar-refractivity contribution >= 4 is 32.9 Å². The highest BCUT2D eigenvalue weighted by Crippen LogP contribution is 2.29. The lowest BCUT2D eigenvalue weighted by Gasteiger charge is -1.99. The summed E-state index contributed by atoms with van der Waals surface area (Å²) in [6.07, 6.45) is 0.739. The number of benzene rings is 1. The Hall–Kier alpha value is -1.29. The smallest absolute Gasteiger partial charge is 0.374 e. The molecule has 0 atom stereocenters. The van der Waals surface area contributed by atoms with Crippen LogP contribution in [0.25, 0.3) is 11.0 Å². The van der Waals surface area contributed by atoms with E-state index in [-0.39, 0.29) is 0 Å². The Labute approximate surface area is 108 Å². The maximum atomic E-state index is 11.8. The van der Waals surface area contributed by atoms with Crippen LogP contribution in [0, 0.1) is 0 Å². The summed E-state index contributed by atoms with van der Waals surface area (Å²) >= 11 is 3.38. The molecule has 0 saturated heterocycles. The van der Waals surface area contributed by atoms with Crippen molar-refractivity contribution in [1.82, 2.24) is 0 Å². The van der Waals surface area contributed by atoms with Gasteiger partial charge in [-0.15, -0.1) is 0 Å². The Morgan fingerprint density at radius 1 is 1.41 bits per heavy atom. The summed E-state index contributed by atoms with van der Waals surface area (Å²) in [5.41, 5.74) is 1.62. The zero-order valence-corrected chi connectivity index (χ0v) is 11.3. The van der Waals surface area contributed by atoms with Gasteiger partial charge >= 0.3 is 5.97 Å². The lowest BCUT2D eigenvalue weighted by molar-refractivity contribution is 0.0491. The number of ether oxygens (including phenoxy) is 1. The lowest BCUT2D eigenvalue weighted by Crippen LogP contribution is -2.05. The van der Waals surface area contributed by atoms with E-state index >= 15 is 0 Å². The molecule has 3 nitrogen and oxygen atoms in total. The van der Waals surface area contributed by atoms with Crippen molar-refractivity contribution in [2.24, 2.45) is 0 Å². The minimum Gasteiger partial charge on any atom is -0.460 e. The largest absolute Gasteiger partial charge is 0.460 e. The third kappa shape index (κ3) is 2.22. The van der Waals surface area contributed by atoms with Gasteiger partial charge in [-0.05, 0) is 31.5 Å². The third-order valence-corrected chi connectivity index (χ3v) is 3.06. The first-order valence-electron chi connectivity index (χ1n) is 5.55. The van der Waals surface area contributed by atoms with E-state index in [1.165, 1.54) is 0 Å². The number of esters is 1. The van der Waals surface area contributed by atoms with E-state index in [9.17, 15) is 4.79 Å². The second kappa shape index (κ2) is 4.92. The molecule has 0 unspecified atom stereocenters. The van der Waals surface area contributed by atoms with Crippen molar-refractivity contribution in [2.75, 3.05) is 6.61 Å². The number of carbonyl (C=O) groups excluding carboxylic acids is 1. The van der Waals surface area contributed by atoms with Crippen LogP contribution in [-0.2, 0) is 11.2 Å². The molecule has 0 N–H and O–H groups in total. The molecule has 4 heteroatoms. The molecule has 1 aromatic heterocycles. The number of fused-ring (bicyclic) bond motifs is 1. The fourth-order valence-electron chi connectivity index (χ4n) is 1.84. The predicted molar refractivity (Wildman–Crippen MR) is 69.2 cm³/mol. The van der Waals surface area contributed by atoms with Crippen molar-refractivity contribution in [1.29, 1.82) is 0 Å². The Bertz CT molecular complexity index is 557. The highest BCUT2D eigenvalue weighted by Gasteiger charge is 2.20. The number of hydrogen-bond acceptors (Lipinski definition) is 3. The van der Waals surface area contributed by atoms with E-state index in [1.54, 1.807) is 6.92 Å². The van der Waals surface area contributed by atoms with Crippen LogP contribution in [0.1, 0.15) is 30.0 Å². The molecule has 1 heterocycles. The van der Waals surface area contributed by atoms with E-state index in [0.29, 0.717) is 18.0 Å². The zero-order chi connectivity index (χ0) is 12.4. The molecule has 17 heavy (non-hydrogen) atoms. The first-order valence-corrected chi connectivity index (χ1v) is 6.34. The van der Waals surface area contributed by atoms with Gasteiger partial charge in [0.1, 0.15) is 5.58 Å². The lowest BCUT2D eigenvalue weighted by atomic mass is 10.1. The van der Waals surface area contributed by atoms with Crippen LogP contribution < -0.4 is 0 Å². The first kappa shape index (κ1) is 12.2. The summed E-state index contributed by atoms with van der Waals surface area (Å²) in [6, 6.07) is 5.74. The van der Waals surface area contributed by atoms with E-state index in [1.807, 2.05) is 25.1 Å². The van der Waals surface area contributed by atoms with Gasteiger partial charge in [0.25, 0.3) is 0 Å². The minimum atomic E-state index is -0.392. The van der Waals surface area contributed by atoms with Crippen molar-refractivity contribution in [3.8, 4) is 0 Å². The van der Waals surface area contributed by atoms with Crippen molar-refractivity contribution in [2.45, 2.75) is 20.3 Å². The number of aryl methyl sites for hydroxylation is 1. The standard InChI is InChI=1S/C13H13BrO3/c1-3-9-10-6-5-8(14)7-11(10)17-12(9)13(15)16-4-2/h5-7H,3-4H2,1-2H3. The van der Waals surface area contributed by atoms with Crippen LogP contribution in [0.4, 0.5) is 0 Å². The van der Waals surface area contributed by atoms with Crippen LogP contribution in [-0.4, -0.2) is 12.6 Å². The molecule has 0 bridgehead atoms. The predicted octanol–water partition coefficient (Wildman–Crippen LogP) is 3.93. The molecule has 0 amide bonds. The van der Waals surface area contributed by atoms with E-state index in [2.05, 4.69) is 15.9 Å². The van der Waals surface area contributed by atoms with Gasteiger partial charge in [0.2, 0.25) is 5.76 Å². The Kier molecular flexibility index (Phi) is 3.52. The van der Waals surface area contributed by atoms with Gasteiger partial charge < -0.3 is 9.15 Å². The summed E-state index contributed by atoms with van der Waals surface area (Å²) in [5, 5.41) is 0.971. The molecule has 2 rings (SSSR count). The summed E-state index contributed by atoms with van der Waals surface area (Å²) in [4.78, 5) is 11.8. The van der Waals surface area contributed by atoms with Gasteiger partial charge in [0.05, 0.1) is 6.61 Å². The maximum Gasteiger partial charge on any atom is 0.374 e. The monoisotopic (exact) mass is 296 g/mol. The van der Waals surface area contributed by atoms with Crippen LogP contribution in [0.5, 0.6) is 0 Å². The second-order valence-electron chi connectivity index (χ2n) is 3.62. The average Bonchev–Trinajstić information content (AvgIpc) is 2.66. The number of furan rings is 1. The zero-order valence-electron chi connectivity index (χ0n) is 9.75. The molecule has 2 aromatic rings. The molecule has 0 saturated carbocycles. The van der Waals surface area contributed by atoms with Crippen LogP contribution >= 0.6 is 15.9 Å². The molecule has 0 radical (unpaired) electrons. The Morgan fingerprint density at radius 3 is 2.82 bits per heavy atom. The summed E-state index contributed by atoms with van der Waals surface area (Å²) in [5.74, 6) is -0.0703. The van der Waals surface area contributed by atoms with Crippen LogP contribution in [0.3, 0.4) is 0 Å². The first-order chi connectivity index (χ1) is 8.17. The number of hydrogen-bond donors (Lipinski definition) is 0. The summed E-state index contributed by atoms with van der Waals surface area (Å²) < 4.78 is 11.5. The quantitative estimate of drug-likeness (QED) is 0.806. The molecular weight excluding hydrogens is 284 g/mol. The van der Waals surface area contributed by atoms with E-state index in [4.69, 9.17) is 9.15 Å². The molecule has 0 aliphatic heterocycles. The van der Waals surface area contributed by atoms with E-state index < -0.39 is 5.97 Å². The Balaban J connectivity index is 2.59. The van der Waals surface area contributed by atoms with Gasteiger partial charge in [0, 0.05) is 15.4 Å².